The Kier molecular flexibility index (Phi) is 41.8. The second-order valence-corrected chi connectivity index (χ2v) is 19.2. The Morgan fingerprint density at radius 1 is 0.531 bits per heavy atom. The maximum Gasteiger partial charge on any atom is 0.249 e. The topological polar surface area (TPSA) is 169 Å². The molecule has 0 aliphatic carbocycles. The second kappa shape index (κ2) is 44.2. The summed E-state index contributed by atoms with van der Waals surface area (Å²) in [7, 11) is 0. The highest BCUT2D eigenvalue weighted by molar-refractivity contribution is 5.80. The monoisotopic (exact) mass is 910 g/mol. The van der Waals surface area contributed by atoms with E-state index in [9.17, 15) is 35.4 Å². The van der Waals surface area contributed by atoms with E-state index in [4.69, 9.17) is 9.47 Å². The molecule has 1 heterocycles. The first-order chi connectivity index (χ1) is 31.3. The minimum absolute atomic E-state index is 0.308. The lowest BCUT2D eigenvalue weighted by atomic mass is 9.99. The number of carbonyl (C=O) groups excluding carboxylic acids is 1. The summed E-state index contributed by atoms with van der Waals surface area (Å²) in [5.74, 6) is -0.622. The fraction of sp³-hybridized carbons (Fsp3) is 0.907. The molecule has 0 radical (unpaired) electrons. The fourth-order valence-electron chi connectivity index (χ4n) is 8.71. The molecule has 8 unspecified atom stereocenters. The number of carbonyl (C=O) groups is 1. The van der Waals surface area contributed by atoms with Gasteiger partial charge < -0.3 is 45.4 Å². The van der Waals surface area contributed by atoms with Crippen LogP contribution in [0.5, 0.6) is 0 Å². The predicted octanol–water partition coefficient (Wildman–Crippen LogP) is 11.6. The van der Waals surface area contributed by atoms with Crippen LogP contribution in [0.1, 0.15) is 251 Å². The molecule has 0 aromatic rings. The number of aliphatic hydroxyl groups is 6. The van der Waals surface area contributed by atoms with E-state index >= 15 is 0 Å². The Morgan fingerprint density at radius 2 is 0.922 bits per heavy atom. The van der Waals surface area contributed by atoms with Gasteiger partial charge in [-0.25, -0.2) is 0 Å². The van der Waals surface area contributed by atoms with Crippen molar-refractivity contribution < 1.29 is 44.9 Å². The van der Waals surface area contributed by atoms with Gasteiger partial charge in [-0.15, -0.1) is 0 Å². The summed E-state index contributed by atoms with van der Waals surface area (Å²) in [5.41, 5.74) is 0. The van der Waals surface area contributed by atoms with Crippen LogP contribution < -0.4 is 5.32 Å². The molecule has 1 saturated heterocycles. The maximum atomic E-state index is 13.1. The maximum absolute atomic E-state index is 13.1. The van der Waals surface area contributed by atoms with Crippen LogP contribution in [0.25, 0.3) is 0 Å². The van der Waals surface area contributed by atoms with E-state index in [-0.39, 0.29) is 6.61 Å². The van der Waals surface area contributed by atoms with Crippen molar-refractivity contribution in [2.45, 2.75) is 300 Å². The van der Waals surface area contributed by atoms with Crippen LogP contribution in [0.2, 0.25) is 0 Å². The number of allylic oxidation sites excluding steroid dienone is 3. The van der Waals surface area contributed by atoms with Crippen LogP contribution in [-0.2, 0) is 14.3 Å². The van der Waals surface area contributed by atoms with E-state index in [1.807, 2.05) is 6.08 Å². The zero-order valence-corrected chi connectivity index (χ0v) is 41.4. The highest BCUT2D eigenvalue weighted by Crippen LogP contribution is 2.23. The molecule has 7 N–H and O–H groups in total. The normalized spacial score (nSPS) is 20.7. The average molecular weight is 910 g/mol. The molecule has 8 atom stereocenters. The number of hydrogen-bond acceptors (Lipinski definition) is 9. The Balaban J connectivity index is 2.26. The molecule has 0 aromatic heterocycles. The lowest BCUT2D eigenvalue weighted by Crippen LogP contribution is -2.60. The molecule has 64 heavy (non-hydrogen) atoms. The first-order valence-corrected chi connectivity index (χ1v) is 27.2. The standard InChI is InChI=1S/C54H103NO9/c1-3-5-7-9-11-13-15-17-19-20-21-22-23-24-25-26-27-28-29-31-33-35-37-39-41-43-48(58)53(62)55-46(45-63-54-52(61)51(60)50(59)49(44-56)64-54)47(57)42-40-38-36-34-32-30-18-16-14-12-10-8-6-4-2/h32,34,40,42,46-52,54,56-61H,3-31,33,35-39,41,43-45H2,1-2H3,(H,55,62)/b34-32+,42-40+. The van der Waals surface area contributed by atoms with Gasteiger partial charge in [-0.2, -0.15) is 0 Å². The number of unbranched alkanes of at least 4 members (excludes halogenated alkanes) is 33. The van der Waals surface area contributed by atoms with Gasteiger partial charge in [-0.05, 0) is 32.1 Å². The molecule has 1 rings (SSSR count). The summed E-state index contributed by atoms with van der Waals surface area (Å²) >= 11 is 0. The lowest BCUT2D eigenvalue weighted by Gasteiger charge is -2.40. The first-order valence-electron chi connectivity index (χ1n) is 27.2. The van der Waals surface area contributed by atoms with Crippen molar-refractivity contribution >= 4 is 5.91 Å². The number of hydrogen-bond donors (Lipinski definition) is 7. The van der Waals surface area contributed by atoms with Gasteiger partial charge in [0.2, 0.25) is 5.91 Å². The molecular formula is C54H103NO9. The van der Waals surface area contributed by atoms with E-state index in [0.29, 0.717) is 12.8 Å². The third kappa shape index (κ3) is 33.2. The van der Waals surface area contributed by atoms with Crippen LogP contribution >= 0.6 is 0 Å². The predicted molar refractivity (Wildman–Crippen MR) is 264 cm³/mol. The Morgan fingerprint density at radius 3 is 1.36 bits per heavy atom. The minimum Gasteiger partial charge on any atom is -0.394 e. The molecule has 1 aliphatic rings. The number of amides is 1. The molecule has 1 amide bonds. The molecule has 0 bridgehead atoms. The molecule has 0 spiro atoms. The minimum atomic E-state index is -1.61. The smallest absolute Gasteiger partial charge is 0.249 e. The largest absolute Gasteiger partial charge is 0.394 e. The Hall–Kier alpha value is -1.37. The van der Waals surface area contributed by atoms with Gasteiger partial charge in [0.1, 0.15) is 30.5 Å². The van der Waals surface area contributed by atoms with E-state index < -0.39 is 61.5 Å². The van der Waals surface area contributed by atoms with Crippen molar-refractivity contribution in [3.05, 3.63) is 24.3 Å². The number of ether oxygens (including phenoxy) is 2. The molecule has 0 aromatic carbocycles. The number of aliphatic hydroxyl groups excluding tert-OH is 6. The molecule has 378 valence electrons. The third-order valence-corrected chi connectivity index (χ3v) is 13.1. The summed E-state index contributed by atoms with van der Waals surface area (Å²) in [6, 6.07) is -0.993. The van der Waals surface area contributed by atoms with Gasteiger partial charge in [0, 0.05) is 0 Å². The molecule has 1 fully saturated rings. The van der Waals surface area contributed by atoms with Crippen LogP contribution in [0.15, 0.2) is 24.3 Å². The summed E-state index contributed by atoms with van der Waals surface area (Å²) in [6.45, 7) is 3.61. The highest BCUT2D eigenvalue weighted by Gasteiger charge is 2.44. The number of rotatable bonds is 46. The van der Waals surface area contributed by atoms with Crippen molar-refractivity contribution in [3.8, 4) is 0 Å². The molecule has 0 saturated carbocycles. The van der Waals surface area contributed by atoms with E-state index in [1.165, 1.54) is 186 Å². The third-order valence-electron chi connectivity index (χ3n) is 13.1. The van der Waals surface area contributed by atoms with Gasteiger partial charge >= 0.3 is 0 Å². The van der Waals surface area contributed by atoms with E-state index in [0.717, 1.165) is 38.5 Å². The van der Waals surface area contributed by atoms with Crippen molar-refractivity contribution in [3.63, 3.8) is 0 Å². The SMILES string of the molecule is CCCCCCCCCC/C=C/CC/C=C/C(O)C(COC1OC(CO)C(O)C(O)C1O)NC(=O)C(O)CCCCCCCCCCCCCCCCCCCCCCCCCCC. The quantitative estimate of drug-likeness (QED) is 0.0232. The average Bonchev–Trinajstić information content (AvgIpc) is 3.29. The number of nitrogens with one attached hydrogen (secondary N) is 1. The van der Waals surface area contributed by atoms with E-state index in [1.54, 1.807) is 6.08 Å². The molecule has 10 heteroatoms. The summed E-state index contributed by atoms with van der Waals surface area (Å²) in [5, 5.41) is 64.8. The van der Waals surface area contributed by atoms with Gasteiger partial charge in [0.05, 0.1) is 25.4 Å². The van der Waals surface area contributed by atoms with Crippen molar-refractivity contribution in [2.24, 2.45) is 0 Å². The lowest BCUT2D eigenvalue weighted by molar-refractivity contribution is -0.302. The molecule has 10 nitrogen and oxygen atoms in total. The van der Waals surface area contributed by atoms with Crippen molar-refractivity contribution in [1.82, 2.24) is 5.32 Å². The second-order valence-electron chi connectivity index (χ2n) is 19.2. The van der Waals surface area contributed by atoms with Gasteiger partial charge in [-0.1, -0.05) is 244 Å². The summed E-state index contributed by atoms with van der Waals surface area (Å²) in [4.78, 5) is 13.1. The fourth-order valence-corrected chi connectivity index (χ4v) is 8.71. The first kappa shape index (κ1) is 60.6. The van der Waals surface area contributed by atoms with Crippen LogP contribution in [0, 0.1) is 0 Å². The Bertz CT molecular complexity index is 1070. The van der Waals surface area contributed by atoms with Crippen LogP contribution in [0.3, 0.4) is 0 Å². The van der Waals surface area contributed by atoms with Crippen LogP contribution in [-0.4, -0.2) is 98.7 Å². The Labute approximate surface area is 392 Å². The van der Waals surface area contributed by atoms with Crippen molar-refractivity contribution in [1.29, 1.82) is 0 Å². The van der Waals surface area contributed by atoms with E-state index in [2.05, 4.69) is 31.3 Å². The zero-order chi connectivity index (χ0) is 46.7. The summed E-state index contributed by atoms with van der Waals surface area (Å²) < 4.78 is 11.2. The van der Waals surface area contributed by atoms with Gasteiger partial charge in [0.15, 0.2) is 6.29 Å². The van der Waals surface area contributed by atoms with Gasteiger partial charge in [0.25, 0.3) is 0 Å². The van der Waals surface area contributed by atoms with Crippen LogP contribution in [0.4, 0.5) is 0 Å². The molecular weight excluding hydrogens is 807 g/mol. The summed E-state index contributed by atoms with van der Waals surface area (Å²) in [6.07, 6.45) is 44.3. The highest BCUT2D eigenvalue weighted by atomic mass is 16.7. The zero-order valence-electron chi connectivity index (χ0n) is 41.4. The molecule has 1 aliphatic heterocycles. The van der Waals surface area contributed by atoms with Crippen molar-refractivity contribution in [2.75, 3.05) is 13.2 Å². The van der Waals surface area contributed by atoms with Gasteiger partial charge in [-0.3, -0.25) is 4.79 Å².